The predicted octanol–water partition coefficient (Wildman–Crippen LogP) is 4.58. The van der Waals surface area contributed by atoms with Crippen molar-refractivity contribution in [1.29, 1.82) is 0 Å². The van der Waals surface area contributed by atoms with Gasteiger partial charge < -0.3 is 9.32 Å². The molecule has 0 aliphatic heterocycles. The van der Waals surface area contributed by atoms with Gasteiger partial charge in [0.05, 0.1) is 6.20 Å². The number of carbonyl (C=O) groups excluding carboxylic acids is 1. The third kappa shape index (κ3) is 4.60. The maximum Gasteiger partial charge on any atom is 0.223 e. The summed E-state index contributed by atoms with van der Waals surface area (Å²) in [5.41, 5.74) is 0.936. The molecule has 0 atom stereocenters. The molecule has 4 nitrogen and oxygen atoms in total. The van der Waals surface area contributed by atoms with Crippen molar-refractivity contribution < 1.29 is 9.21 Å². The molecular weight excluding hydrogens is 324 g/mol. The molecule has 1 heterocycles. The molecule has 0 saturated heterocycles. The molecule has 0 radical (unpaired) electrons. The predicted molar refractivity (Wildman–Crippen MR) is 94.9 cm³/mol. The van der Waals surface area contributed by atoms with Gasteiger partial charge in [-0.1, -0.05) is 18.5 Å². The van der Waals surface area contributed by atoms with Crippen LogP contribution in [-0.2, 0) is 11.2 Å². The zero-order valence-electron chi connectivity index (χ0n) is 14.0. The van der Waals surface area contributed by atoms with Crippen molar-refractivity contribution in [3.05, 3.63) is 41.4 Å². The van der Waals surface area contributed by atoms with E-state index in [9.17, 15) is 4.79 Å². The largest absolute Gasteiger partial charge is 0.441 e. The highest BCUT2D eigenvalue weighted by atomic mass is 35.5. The van der Waals surface area contributed by atoms with E-state index in [-0.39, 0.29) is 5.91 Å². The van der Waals surface area contributed by atoms with Gasteiger partial charge in [-0.05, 0) is 49.4 Å². The van der Waals surface area contributed by atoms with Gasteiger partial charge in [0.15, 0.2) is 11.7 Å². The molecule has 1 saturated carbocycles. The number of benzene rings is 1. The number of hydrogen-bond donors (Lipinski definition) is 0. The van der Waals surface area contributed by atoms with E-state index in [0.29, 0.717) is 29.5 Å². The lowest BCUT2D eigenvalue weighted by molar-refractivity contribution is -0.131. The first-order valence-electron chi connectivity index (χ1n) is 8.64. The fourth-order valence-electron chi connectivity index (χ4n) is 2.75. The second kappa shape index (κ2) is 7.84. The Morgan fingerprint density at radius 1 is 1.33 bits per heavy atom. The van der Waals surface area contributed by atoms with E-state index in [0.717, 1.165) is 31.0 Å². The number of aryl methyl sites for hydroxylation is 1. The van der Waals surface area contributed by atoms with E-state index >= 15 is 0 Å². The van der Waals surface area contributed by atoms with Crippen molar-refractivity contribution in [2.75, 3.05) is 13.1 Å². The third-order valence-electron chi connectivity index (χ3n) is 4.26. The maximum atomic E-state index is 12.4. The zero-order valence-corrected chi connectivity index (χ0v) is 14.8. The van der Waals surface area contributed by atoms with Gasteiger partial charge in [-0.15, -0.1) is 0 Å². The summed E-state index contributed by atoms with van der Waals surface area (Å²) in [4.78, 5) is 18.7. The lowest BCUT2D eigenvalue weighted by atomic mass is 10.2. The summed E-state index contributed by atoms with van der Waals surface area (Å²) < 4.78 is 5.77. The highest BCUT2D eigenvalue weighted by Gasteiger charge is 2.26. The Labute approximate surface area is 147 Å². The molecule has 0 bridgehead atoms. The molecule has 1 fully saturated rings. The van der Waals surface area contributed by atoms with Crippen molar-refractivity contribution in [3.8, 4) is 11.3 Å². The minimum absolute atomic E-state index is 0.204. The van der Waals surface area contributed by atoms with Crippen molar-refractivity contribution in [2.45, 2.75) is 39.0 Å². The first-order chi connectivity index (χ1) is 11.7. The summed E-state index contributed by atoms with van der Waals surface area (Å²) in [5.74, 6) is 2.24. The first-order valence-corrected chi connectivity index (χ1v) is 9.02. The molecule has 1 aliphatic rings. The van der Waals surface area contributed by atoms with Crippen LogP contribution in [0.4, 0.5) is 0 Å². The fourth-order valence-corrected chi connectivity index (χ4v) is 2.87. The number of oxazole rings is 1. The zero-order chi connectivity index (χ0) is 16.9. The number of aromatic nitrogens is 1. The van der Waals surface area contributed by atoms with Crippen molar-refractivity contribution >= 4 is 17.5 Å². The highest BCUT2D eigenvalue weighted by Crippen LogP contribution is 2.30. The molecule has 5 heteroatoms. The molecule has 128 valence electrons. The summed E-state index contributed by atoms with van der Waals surface area (Å²) in [7, 11) is 0. The number of rotatable bonds is 8. The van der Waals surface area contributed by atoms with E-state index in [1.807, 2.05) is 29.2 Å². The first kappa shape index (κ1) is 17.0. The standard InChI is InChI=1S/C19H23ClN2O2/c1-2-11-22(13-14-3-4-14)19(23)10-9-18-21-12-17(24-18)15-5-7-16(20)8-6-15/h5-8,12,14H,2-4,9-11,13H2,1H3. The van der Waals surface area contributed by atoms with Crippen molar-refractivity contribution in [2.24, 2.45) is 5.92 Å². The summed E-state index contributed by atoms with van der Waals surface area (Å²) in [6.45, 7) is 3.87. The summed E-state index contributed by atoms with van der Waals surface area (Å²) >= 11 is 5.90. The van der Waals surface area contributed by atoms with Crippen molar-refractivity contribution in [1.82, 2.24) is 9.88 Å². The number of hydrogen-bond acceptors (Lipinski definition) is 3. The van der Waals surface area contributed by atoms with Crippen LogP contribution in [0.25, 0.3) is 11.3 Å². The molecule has 24 heavy (non-hydrogen) atoms. The topological polar surface area (TPSA) is 46.3 Å². The van der Waals surface area contributed by atoms with Crippen LogP contribution >= 0.6 is 11.6 Å². The quantitative estimate of drug-likeness (QED) is 0.703. The van der Waals surface area contributed by atoms with Gasteiger partial charge in [0.1, 0.15) is 0 Å². The van der Waals surface area contributed by atoms with Gasteiger partial charge >= 0.3 is 0 Å². The molecule has 3 rings (SSSR count). The Bertz CT molecular complexity index is 677. The van der Waals surface area contributed by atoms with E-state index in [2.05, 4.69) is 11.9 Å². The Hall–Kier alpha value is -1.81. The molecular formula is C19H23ClN2O2. The van der Waals surface area contributed by atoms with Gasteiger partial charge in [-0.2, -0.15) is 0 Å². The Kier molecular flexibility index (Phi) is 5.56. The second-order valence-electron chi connectivity index (χ2n) is 6.41. The smallest absolute Gasteiger partial charge is 0.223 e. The summed E-state index contributed by atoms with van der Waals surface area (Å²) in [6, 6.07) is 7.44. The number of amides is 1. The van der Waals surface area contributed by atoms with E-state index in [1.54, 1.807) is 6.20 Å². The number of halogens is 1. The van der Waals surface area contributed by atoms with E-state index < -0.39 is 0 Å². The summed E-state index contributed by atoms with van der Waals surface area (Å²) in [6.07, 6.45) is 6.22. The highest BCUT2D eigenvalue weighted by molar-refractivity contribution is 6.30. The van der Waals surface area contributed by atoms with Gasteiger partial charge in [-0.25, -0.2) is 4.98 Å². The fraction of sp³-hybridized carbons (Fsp3) is 0.474. The minimum atomic E-state index is 0.204. The van der Waals surface area contributed by atoms with Gasteiger partial charge in [0.25, 0.3) is 0 Å². The molecule has 2 aromatic rings. The molecule has 1 amide bonds. The lowest BCUT2D eigenvalue weighted by Gasteiger charge is -2.21. The van der Waals surface area contributed by atoms with Gasteiger partial charge in [0, 0.05) is 36.5 Å². The van der Waals surface area contributed by atoms with Crippen LogP contribution in [-0.4, -0.2) is 28.9 Å². The Balaban J connectivity index is 1.56. The van der Waals surface area contributed by atoms with E-state index in [4.69, 9.17) is 16.0 Å². The number of carbonyl (C=O) groups is 1. The van der Waals surface area contributed by atoms with Crippen molar-refractivity contribution in [3.63, 3.8) is 0 Å². The summed E-state index contributed by atoms with van der Waals surface area (Å²) in [5, 5.41) is 0.691. The van der Waals surface area contributed by atoms with Gasteiger partial charge in [0.2, 0.25) is 5.91 Å². The van der Waals surface area contributed by atoms with Crippen LogP contribution in [0, 0.1) is 5.92 Å². The lowest BCUT2D eigenvalue weighted by Crippen LogP contribution is -2.33. The van der Waals surface area contributed by atoms with Crippen LogP contribution < -0.4 is 0 Å². The normalized spacial score (nSPS) is 13.9. The molecule has 0 N–H and O–H groups in total. The molecule has 0 unspecified atom stereocenters. The van der Waals surface area contributed by atoms with Crippen LogP contribution in [0.2, 0.25) is 5.02 Å². The Morgan fingerprint density at radius 3 is 2.75 bits per heavy atom. The van der Waals surface area contributed by atoms with Crippen LogP contribution in [0.5, 0.6) is 0 Å². The van der Waals surface area contributed by atoms with Crippen LogP contribution in [0.3, 0.4) is 0 Å². The van der Waals surface area contributed by atoms with Crippen LogP contribution in [0.15, 0.2) is 34.9 Å². The molecule has 1 aliphatic carbocycles. The van der Waals surface area contributed by atoms with Gasteiger partial charge in [-0.3, -0.25) is 4.79 Å². The monoisotopic (exact) mass is 346 g/mol. The van der Waals surface area contributed by atoms with Crippen LogP contribution in [0.1, 0.15) is 38.5 Å². The molecule has 1 aromatic carbocycles. The van der Waals surface area contributed by atoms with E-state index in [1.165, 1.54) is 12.8 Å². The Morgan fingerprint density at radius 2 is 2.08 bits per heavy atom. The SMILES string of the molecule is CCCN(CC1CC1)C(=O)CCc1ncc(-c2ccc(Cl)cc2)o1. The average Bonchev–Trinajstić information content (AvgIpc) is 3.28. The molecule has 0 spiro atoms. The number of nitrogens with zero attached hydrogens (tertiary/aromatic N) is 2. The third-order valence-corrected chi connectivity index (χ3v) is 4.51. The second-order valence-corrected chi connectivity index (χ2v) is 6.84. The average molecular weight is 347 g/mol. The minimum Gasteiger partial charge on any atom is -0.441 e. The maximum absolute atomic E-state index is 12.4. The molecule has 1 aromatic heterocycles.